The van der Waals surface area contributed by atoms with Crippen LogP contribution in [0, 0.1) is 5.92 Å². The minimum absolute atomic E-state index is 0.00101. The van der Waals surface area contributed by atoms with Crippen molar-refractivity contribution in [3.05, 3.63) is 59.7 Å². The van der Waals surface area contributed by atoms with Gasteiger partial charge in [-0.2, -0.15) is 0 Å². The van der Waals surface area contributed by atoms with Gasteiger partial charge < -0.3 is 19.5 Å². The van der Waals surface area contributed by atoms with Gasteiger partial charge in [-0.05, 0) is 43.5 Å². The standard InChI is InChI=1S/C24H29NO4/c1-28-18-11-12-19(21(16-18)29-2)22-20-10-6-7-13-24(20,27)14-15-25(22)23(26)17-8-4-3-5-9-17/h3-5,8-9,11-12,16,20,22,27H,6-7,10,13-15H2,1-2H3/t20-,22-,24-/m1/s1. The summed E-state index contributed by atoms with van der Waals surface area (Å²) >= 11 is 0. The molecule has 1 aliphatic carbocycles. The number of benzene rings is 2. The van der Waals surface area contributed by atoms with Gasteiger partial charge in [0.1, 0.15) is 11.5 Å². The Balaban J connectivity index is 1.80. The lowest BCUT2D eigenvalue weighted by molar-refractivity contribution is -0.115. The molecular formula is C24H29NO4. The van der Waals surface area contributed by atoms with E-state index in [1.54, 1.807) is 14.2 Å². The second-order valence-corrected chi connectivity index (χ2v) is 8.12. The molecule has 1 amide bonds. The summed E-state index contributed by atoms with van der Waals surface area (Å²) in [6, 6.07) is 14.9. The monoisotopic (exact) mass is 395 g/mol. The van der Waals surface area contributed by atoms with Gasteiger partial charge in [0.2, 0.25) is 0 Å². The third kappa shape index (κ3) is 3.60. The van der Waals surface area contributed by atoms with Gasteiger partial charge in [-0.1, -0.05) is 31.0 Å². The van der Waals surface area contributed by atoms with Crippen molar-refractivity contribution < 1.29 is 19.4 Å². The normalized spacial score (nSPS) is 26.5. The Hall–Kier alpha value is -2.53. The minimum Gasteiger partial charge on any atom is -0.497 e. The lowest BCUT2D eigenvalue weighted by Crippen LogP contribution is -2.56. The largest absolute Gasteiger partial charge is 0.497 e. The summed E-state index contributed by atoms with van der Waals surface area (Å²) in [7, 11) is 3.26. The van der Waals surface area contributed by atoms with E-state index in [0.29, 0.717) is 30.0 Å². The number of rotatable bonds is 4. The Labute approximate surface area is 172 Å². The highest BCUT2D eigenvalue weighted by Gasteiger charge is 2.50. The zero-order valence-corrected chi connectivity index (χ0v) is 17.1. The van der Waals surface area contributed by atoms with Crippen molar-refractivity contribution in [3.8, 4) is 11.5 Å². The van der Waals surface area contributed by atoms with Gasteiger partial charge in [-0.3, -0.25) is 4.79 Å². The Morgan fingerprint density at radius 1 is 1.07 bits per heavy atom. The van der Waals surface area contributed by atoms with Crippen LogP contribution in [-0.4, -0.2) is 42.3 Å². The first kappa shape index (κ1) is 19.8. The number of piperidine rings is 1. The van der Waals surface area contributed by atoms with Crippen molar-refractivity contribution in [2.75, 3.05) is 20.8 Å². The van der Waals surface area contributed by atoms with Crippen molar-refractivity contribution in [2.45, 2.75) is 43.7 Å². The highest BCUT2D eigenvalue weighted by Crippen LogP contribution is 2.51. The van der Waals surface area contributed by atoms with Gasteiger partial charge in [0.15, 0.2) is 0 Å². The zero-order chi connectivity index (χ0) is 20.4. The topological polar surface area (TPSA) is 59.0 Å². The first-order valence-electron chi connectivity index (χ1n) is 10.4. The van der Waals surface area contributed by atoms with Crippen molar-refractivity contribution in [1.29, 1.82) is 0 Å². The van der Waals surface area contributed by atoms with Crippen LogP contribution in [-0.2, 0) is 0 Å². The Morgan fingerprint density at radius 2 is 1.86 bits per heavy atom. The maximum absolute atomic E-state index is 13.5. The number of ether oxygens (including phenoxy) is 2. The Morgan fingerprint density at radius 3 is 2.59 bits per heavy atom. The number of hydrogen-bond donors (Lipinski definition) is 1. The maximum Gasteiger partial charge on any atom is 0.254 e. The zero-order valence-electron chi connectivity index (χ0n) is 17.1. The van der Waals surface area contributed by atoms with Crippen LogP contribution in [0.2, 0.25) is 0 Å². The number of hydrogen-bond acceptors (Lipinski definition) is 4. The molecule has 0 unspecified atom stereocenters. The molecule has 1 aliphatic heterocycles. The van der Waals surface area contributed by atoms with Crippen molar-refractivity contribution >= 4 is 5.91 Å². The lowest BCUT2D eigenvalue weighted by Gasteiger charge is -2.52. The Bertz CT molecular complexity index is 868. The number of carbonyl (C=O) groups is 1. The third-order valence-corrected chi connectivity index (χ3v) is 6.61. The second-order valence-electron chi connectivity index (χ2n) is 8.12. The number of amides is 1. The maximum atomic E-state index is 13.5. The fraction of sp³-hybridized carbons (Fsp3) is 0.458. The van der Waals surface area contributed by atoms with Crippen LogP contribution < -0.4 is 9.47 Å². The number of nitrogens with zero attached hydrogens (tertiary/aromatic N) is 1. The molecule has 2 fully saturated rings. The highest BCUT2D eigenvalue weighted by molar-refractivity contribution is 5.94. The van der Waals surface area contributed by atoms with Gasteiger partial charge in [-0.15, -0.1) is 0 Å². The van der Waals surface area contributed by atoms with E-state index in [1.165, 1.54) is 0 Å². The van der Waals surface area contributed by atoms with Gasteiger partial charge >= 0.3 is 0 Å². The predicted molar refractivity (Wildman–Crippen MR) is 111 cm³/mol. The highest BCUT2D eigenvalue weighted by atomic mass is 16.5. The molecule has 154 valence electrons. The van der Waals surface area contributed by atoms with E-state index in [0.717, 1.165) is 31.2 Å². The number of methoxy groups -OCH3 is 2. The molecule has 5 nitrogen and oxygen atoms in total. The molecular weight excluding hydrogens is 366 g/mol. The van der Waals surface area contributed by atoms with E-state index in [2.05, 4.69) is 0 Å². The summed E-state index contributed by atoms with van der Waals surface area (Å²) < 4.78 is 11.0. The molecule has 2 aromatic rings. The predicted octanol–water partition coefficient (Wildman–Crippen LogP) is 4.21. The van der Waals surface area contributed by atoms with E-state index in [4.69, 9.17) is 9.47 Å². The summed E-state index contributed by atoms with van der Waals surface area (Å²) in [5.41, 5.74) is 0.871. The van der Waals surface area contributed by atoms with Crippen molar-refractivity contribution in [3.63, 3.8) is 0 Å². The molecule has 4 rings (SSSR count). The van der Waals surface area contributed by atoms with Crippen molar-refractivity contribution in [2.24, 2.45) is 5.92 Å². The van der Waals surface area contributed by atoms with Crippen molar-refractivity contribution in [1.82, 2.24) is 4.90 Å². The molecule has 1 heterocycles. The fourth-order valence-corrected chi connectivity index (χ4v) is 5.10. The molecule has 2 aliphatic rings. The van der Waals surface area contributed by atoms with Gasteiger partial charge in [0.05, 0.1) is 25.9 Å². The van der Waals surface area contributed by atoms with Crippen LogP contribution in [0.1, 0.15) is 54.1 Å². The summed E-state index contributed by atoms with van der Waals surface area (Å²) in [5.74, 6) is 1.39. The molecule has 1 saturated heterocycles. The molecule has 2 aromatic carbocycles. The van der Waals surface area contributed by atoms with Gasteiger partial charge in [-0.25, -0.2) is 0 Å². The summed E-state index contributed by atoms with van der Waals surface area (Å²) in [5, 5.41) is 11.5. The lowest BCUT2D eigenvalue weighted by atomic mass is 9.66. The van der Waals surface area contributed by atoms with Crippen LogP contribution in [0.3, 0.4) is 0 Å². The molecule has 0 aromatic heterocycles. The fourth-order valence-electron chi connectivity index (χ4n) is 5.10. The van der Waals surface area contributed by atoms with Crippen LogP contribution in [0.5, 0.6) is 11.5 Å². The molecule has 5 heteroatoms. The average Bonchev–Trinajstić information content (AvgIpc) is 2.77. The summed E-state index contributed by atoms with van der Waals surface area (Å²) in [6.07, 6.45) is 4.40. The van der Waals surface area contributed by atoms with Crippen LogP contribution in [0.4, 0.5) is 0 Å². The third-order valence-electron chi connectivity index (χ3n) is 6.61. The number of likely N-dealkylation sites (tertiary alicyclic amines) is 1. The van der Waals surface area contributed by atoms with Gasteiger partial charge in [0.25, 0.3) is 5.91 Å². The summed E-state index contributed by atoms with van der Waals surface area (Å²) in [4.78, 5) is 15.4. The summed E-state index contributed by atoms with van der Waals surface area (Å²) in [6.45, 7) is 0.528. The van der Waals surface area contributed by atoms with E-state index in [-0.39, 0.29) is 17.9 Å². The van der Waals surface area contributed by atoms with E-state index in [9.17, 15) is 9.90 Å². The second kappa shape index (κ2) is 8.07. The molecule has 3 atom stereocenters. The van der Waals surface area contributed by atoms with Gasteiger partial charge in [0, 0.05) is 29.7 Å². The molecule has 1 N–H and O–H groups in total. The van der Waals surface area contributed by atoms with E-state index in [1.807, 2.05) is 53.4 Å². The number of carbonyl (C=O) groups excluding carboxylic acids is 1. The molecule has 0 spiro atoms. The molecule has 0 radical (unpaired) electrons. The molecule has 0 bridgehead atoms. The first-order chi connectivity index (χ1) is 14.1. The molecule has 29 heavy (non-hydrogen) atoms. The van der Waals surface area contributed by atoms with Crippen LogP contribution in [0.15, 0.2) is 48.5 Å². The van der Waals surface area contributed by atoms with E-state index >= 15 is 0 Å². The molecule has 1 saturated carbocycles. The SMILES string of the molecule is COc1ccc([C@@H]2[C@H]3CCCC[C@@]3(O)CCN2C(=O)c2ccccc2)c(OC)c1. The number of fused-ring (bicyclic) bond motifs is 1. The number of aliphatic hydroxyl groups is 1. The smallest absolute Gasteiger partial charge is 0.254 e. The average molecular weight is 395 g/mol. The first-order valence-corrected chi connectivity index (χ1v) is 10.4. The Kier molecular flexibility index (Phi) is 5.50. The minimum atomic E-state index is -0.735. The quantitative estimate of drug-likeness (QED) is 0.842. The van der Waals surface area contributed by atoms with Crippen LogP contribution in [0.25, 0.3) is 0 Å². The van der Waals surface area contributed by atoms with Crippen LogP contribution >= 0.6 is 0 Å². The van der Waals surface area contributed by atoms with E-state index < -0.39 is 5.60 Å².